The predicted molar refractivity (Wildman–Crippen MR) is 107 cm³/mol. The Bertz CT molecular complexity index is 761. The van der Waals surface area contributed by atoms with E-state index in [1.165, 1.54) is 5.56 Å². The average molecular weight is 388 g/mol. The first-order chi connectivity index (χ1) is 13.1. The molecule has 3 rings (SSSR count). The van der Waals surface area contributed by atoms with Gasteiger partial charge in [0.25, 0.3) is 0 Å². The van der Waals surface area contributed by atoms with Gasteiger partial charge in [-0.3, -0.25) is 14.5 Å². The van der Waals surface area contributed by atoms with Crippen molar-refractivity contribution in [2.24, 2.45) is 5.73 Å². The molecule has 1 fully saturated rings. The largest absolute Gasteiger partial charge is 0.497 e. The lowest BCUT2D eigenvalue weighted by atomic mass is 10.1. The van der Waals surface area contributed by atoms with Crippen LogP contribution in [0.15, 0.2) is 41.1 Å². The number of rotatable bonds is 8. The monoisotopic (exact) mass is 387 g/mol. The van der Waals surface area contributed by atoms with Gasteiger partial charge in [0, 0.05) is 24.7 Å². The maximum Gasteiger partial charge on any atom is 0.241 e. The number of hydrogen-bond acceptors (Lipinski definition) is 5. The van der Waals surface area contributed by atoms with Gasteiger partial charge in [-0.05, 0) is 66.0 Å². The number of primary amides is 1. The van der Waals surface area contributed by atoms with Gasteiger partial charge in [-0.15, -0.1) is 0 Å². The lowest BCUT2D eigenvalue weighted by Gasteiger charge is -2.28. The first-order valence-corrected chi connectivity index (χ1v) is 10.0. The van der Waals surface area contributed by atoms with Crippen molar-refractivity contribution < 1.29 is 14.3 Å². The Kier molecular flexibility index (Phi) is 6.47. The highest BCUT2D eigenvalue weighted by molar-refractivity contribution is 7.07. The van der Waals surface area contributed by atoms with Crippen LogP contribution < -0.4 is 15.4 Å². The van der Waals surface area contributed by atoms with Crippen molar-refractivity contribution in [3.8, 4) is 5.75 Å². The van der Waals surface area contributed by atoms with Crippen LogP contribution in [0.5, 0.6) is 5.75 Å². The number of ether oxygens (including phenoxy) is 1. The number of thiophene rings is 1. The van der Waals surface area contributed by atoms with Crippen LogP contribution in [0.2, 0.25) is 0 Å². The molecule has 0 radical (unpaired) electrons. The molecule has 6 nitrogen and oxygen atoms in total. The van der Waals surface area contributed by atoms with Crippen LogP contribution in [0.25, 0.3) is 0 Å². The van der Waals surface area contributed by atoms with Gasteiger partial charge in [-0.2, -0.15) is 11.3 Å². The van der Waals surface area contributed by atoms with Crippen molar-refractivity contribution in [3.05, 3.63) is 46.7 Å². The SMILES string of the molecule is COc1ccc(N(CCC(N)=O)C(=O)CN2CCC[C@H]2c2ccsc2)cc1. The topological polar surface area (TPSA) is 75.9 Å². The molecule has 0 bridgehead atoms. The average Bonchev–Trinajstić information content (AvgIpc) is 3.33. The molecule has 2 heterocycles. The first kappa shape index (κ1) is 19.4. The van der Waals surface area contributed by atoms with Gasteiger partial charge in [0.1, 0.15) is 5.75 Å². The number of anilines is 1. The molecule has 1 aromatic heterocycles. The zero-order valence-corrected chi connectivity index (χ0v) is 16.3. The van der Waals surface area contributed by atoms with Crippen LogP contribution in [-0.4, -0.2) is 43.5 Å². The van der Waals surface area contributed by atoms with E-state index in [9.17, 15) is 9.59 Å². The number of nitrogens with two attached hydrogens (primary N) is 1. The summed E-state index contributed by atoms with van der Waals surface area (Å²) in [4.78, 5) is 28.2. The van der Waals surface area contributed by atoms with Crippen molar-refractivity contribution in [1.82, 2.24) is 4.90 Å². The number of likely N-dealkylation sites (tertiary alicyclic amines) is 1. The van der Waals surface area contributed by atoms with Crippen molar-refractivity contribution in [3.63, 3.8) is 0 Å². The maximum atomic E-state index is 13.1. The fraction of sp³-hybridized carbons (Fsp3) is 0.400. The Hall–Kier alpha value is -2.38. The number of amides is 2. The number of carbonyl (C=O) groups excluding carboxylic acids is 2. The quantitative estimate of drug-likeness (QED) is 0.756. The van der Waals surface area contributed by atoms with E-state index < -0.39 is 5.91 Å². The Morgan fingerprint density at radius 2 is 2.07 bits per heavy atom. The van der Waals surface area contributed by atoms with E-state index in [2.05, 4.69) is 21.7 Å². The molecule has 1 atom stereocenters. The highest BCUT2D eigenvalue weighted by Crippen LogP contribution is 2.33. The second-order valence-electron chi connectivity index (χ2n) is 6.64. The van der Waals surface area contributed by atoms with E-state index in [4.69, 9.17) is 10.5 Å². The number of carbonyl (C=O) groups is 2. The van der Waals surface area contributed by atoms with Gasteiger partial charge in [0.15, 0.2) is 0 Å². The molecule has 0 unspecified atom stereocenters. The highest BCUT2D eigenvalue weighted by Gasteiger charge is 2.29. The molecule has 0 aliphatic carbocycles. The molecule has 2 aromatic rings. The van der Waals surface area contributed by atoms with Gasteiger partial charge in [-0.1, -0.05) is 0 Å². The summed E-state index contributed by atoms with van der Waals surface area (Å²) in [5, 5.41) is 4.23. The van der Waals surface area contributed by atoms with Gasteiger partial charge < -0.3 is 15.4 Å². The lowest BCUT2D eigenvalue weighted by molar-refractivity contribution is -0.120. The van der Waals surface area contributed by atoms with Crippen molar-refractivity contribution in [2.45, 2.75) is 25.3 Å². The Morgan fingerprint density at radius 1 is 1.30 bits per heavy atom. The lowest BCUT2D eigenvalue weighted by Crippen LogP contribution is -2.41. The number of benzene rings is 1. The minimum Gasteiger partial charge on any atom is -0.497 e. The second-order valence-corrected chi connectivity index (χ2v) is 7.42. The number of methoxy groups -OCH3 is 1. The molecule has 0 spiro atoms. The van der Waals surface area contributed by atoms with Gasteiger partial charge in [0.05, 0.1) is 13.7 Å². The van der Waals surface area contributed by atoms with Crippen molar-refractivity contribution in [2.75, 3.05) is 31.6 Å². The number of nitrogens with zero attached hydrogens (tertiary/aromatic N) is 2. The summed E-state index contributed by atoms with van der Waals surface area (Å²) in [6.07, 6.45) is 2.27. The summed E-state index contributed by atoms with van der Waals surface area (Å²) in [7, 11) is 1.60. The van der Waals surface area contributed by atoms with Gasteiger partial charge >= 0.3 is 0 Å². The first-order valence-electron chi connectivity index (χ1n) is 9.07. The molecule has 1 aliphatic heterocycles. The molecule has 1 saturated heterocycles. The molecule has 144 valence electrons. The summed E-state index contributed by atoms with van der Waals surface area (Å²) >= 11 is 1.68. The van der Waals surface area contributed by atoms with E-state index in [-0.39, 0.29) is 24.9 Å². The minimum absolute atomic E-state index is 0.0245. The van der Waals surface area contributed by atoms with E-state index in [0.717, 1.165) is 30.8 Å². The van der Waals surface area contributed by atoms with E-state index in [0.29, 0.717) is 6.54 Å². The van der Waals surface area contributed by atoms with Crippen LogP contribution in [0.1, 0.15) is 30.9 Å². The van der Waals surface area contributed by atoms with Crippen LogP contribution in [0, 0.1) is 0 Å². The molecule has 2 amide bonds. The summed E-state index contributed by atoms with van der Waals surface area (Å²) in [5.41, 5.74) is 7.33. The fourth-order valence-electron chi connectivity index (χ4n) is 3.50. The predicted octanol–water partition coefficient (Wildman–Crippen LogP) is 2.80. The molecule has 1 aromatic carbocycles. The highest BCUT2D eigenvalue weighted by atomic mass is 32.1. The summed E-state index contributed by atoms with van der Waals surface area (Å²) < 4.78 is 5.19. The van der Waals surface area contributed by atoms with Crippen LogP contribution in [-0.2, 0) is 9.59 Å². The molecule has 2 N–H and O–H groups in total. The third kappa shape index (κ3) is 4.87. The van der Waals surface area contributed by atoms with Crippen LogP contribution >= 0.6 is 11.3 Å². The normalized spacial score (nSPS) is 17.0. The smallest absolute Gasteiger partial charge is 0.241 e. The fourth-order valence-corrected chi connectivity index (χ4v) is 4.21. The Labute approximate surface area is 163 Å². The zero-order valence-electron chi connectivity index (χ0n) is 15.5. The summed E-state index contributed by atoms with van der Waals surface area (Å²) in [5.74, 6) is 0.278. The Balaban J connectivity index is 1.74. The second kappa shape index (κ2) is 9.01. The van der Waals surface area contributed by atoms with Crippen LogP contribution in [0.3, 0.4) is 0 Å². The van der Waals surface area contributed by atoms with Crippen molar-refractivity contribution in [1.29, 1.82) is 0 Å². The van der Waals surface area contributed by atoms with Crippen molar-refractivity contribution >= 4 is 28.8 Å². The molecule has 0 saturated carbocycles. The van der Waals surface area contributed by atoms with E-state index in [1.807, 2.05) is 24.3 Å². The Morgan fingerprint density at radius 3 is 2.70 bits per heavy atom. The number of hydrogen-bond donors (Lipinski definition) is 1. The molecular formula is C20H25N3O3S. The molecule has 7 heteroatoms. The third-order valence-corrected chi connectivity index (χ3v) is 5.60. The molecule has 1 aliphatic rings. The van der Waals surface area contributed by atoms with E-state index in [1.54, 1.807) is 23.3 Å². The summed E-state index contributed by atoms with van der Waals surface area (Å²) in [6.45, 7) is 1.50. The summed E-state index contributed by atoms with van der Waals surface area (Å²) in [6, 6.07) is 9.70. The maximum absolute atomic E-state index is 13.1. The van der Waals surface area contributed by atoms with Crippen LogP contribution in [0.4, 0.5) is 5.69 Å². The third-order valence-electron chi connectivity index (χ3n) is 4.90. The zero-order chi connectivity index (χ0) is 19.2. The molecule has 27 heavy (non-hydrogen) atoms. The van der Waals surface area contributed by atoms with Gasteiger partial charge in [0.2, 0.25) is 11.8 Å². The minimum atomic E-state index is -0.418. The molecular weight excluding hydrogens is 362 g/mol. The van der Waals surface area contributed by atoms with E-state index >= 15 is 0 Å². The van der Waals surface area contributed by atoms with Gasteiger partial charge in [-0.25, -0.2) is 0 Å². The standard InChI is InChI=1S/C20H25N3O3S/c1-26-17-6-4-16(5-7-17)23(11-8-19(21)24)20(25)13-22-10-2-3-18(22)15-9-12-27-14-15/h4-7,9,12,14,18H,2-3,8,10-11,13H2,1H3,(H2,21,24)/t18-/m0/s1.